The molecule has 2 rings (SSSR count). The van der Waals surface area contributed by atoms with Gasteiger partial charge < -0.3 is 15.4 Å². The smallest absolute Gasteiger partial charge is 0.340 e. The summed E-state index contributed by atoms with van der Waals surface area (Å²) in [4.78, 5) is 14.1. The van der Waals surface area contributed by atoms with Crippen molar-refractivity contribution in [2.45, 2.75) is 26.7 Å². The third-order valence-electron chi connectivity index (χ3n) is 4.27. The SMILES string of the molecule is COC(=O)c1cccc(N)c1N1CCC(C(C)C)CC1. The van der Waals surface area contributed by atoms with Crippen molar-refractivity contribution in [3.8, 4) is 0 Å². The van der Waals surface area contributed by atoms with Crippen molar-refractivity contribution < 1.29 is 9.53 Å². The second kappa shape index (κ2) is 6.16. The first kappa shape index (κ1) is 14.7. The Morgan fingerprint density at radius 2 is 2.00 bits per heavy atom. The topological polar surface area (TPSA) is 55.6 Å². The minimum absolute atomic E-state index is 0.321. The van der Waals surface area contributed by atoms with E-state index in [-0.39, 0.29) is 5.97 Å². The van der Waals surface area contributed by atoms with Gasteiger partial charge in [0.05, 0.1) is 24.0 Å². The lowest BCUT2D eigenvalue weighted by atomic mass is 9.86. The molecule has 20 heavy (non-hydrogen) atoms. The first-order chi connectivity index (χ1) is 9.54. The number of anilines is 2. The van der Waals surface area contributed by atoms with E-state index >= 15 is 0 Å². The summed E-state index contributed by atoms with van der Waals surface area (Å²) >= 11 is 0. The summed E-state index contributed by atoms with van der Waals surface area (Å²) in [6.45, 7) is 6.44. The molecule has 0 amide bonds. The first-order valence-corrected chi connectivity index (χ1v) is 7.26. The molecule has 1 aromatic rings. The predicted octanol–water partition coefficient (Wildman–Crippen LogP) is 2.93. The molecule has 1 aromatic carbocycles. The molecule has 1 saturated heterocycles. The number of benzene rings is 1. The molecule has 2 N–H and O–H groups in total. The van der Waals surface area contributed by atoms with Crippen LogP contribution in [0.1, 0.15) is 37.0 Å². The van der Waals surface area contributed by atoms with Crippen molar-refractivity contribution >= 4 is 17.3 Å². The Kier molecular flexibility index (Phi) is 4.53. The van der Waals surface area contributed by atoms with Crippen LogP contribution in [0.4, 0.5) is 11.4 Å². The molecule has 0 bridgehead atoms. The van der Waals surface area contributed by atoms with Crippen molar-refractivity contribution in [3.63, 3.8) is 0 Å². The van der Waals surface area contributed by atoms with Crippen molar-refractivity contribution in [2.24, 2.45) is 11.8 Å². The lowest BCUT2D eigenvalue weighted by Crippen LogP contribution is -2.36. The Morgan fingerprint density at radius 1 is 1.35 bits per heavy atom. The van der Waals surface area contributed by atoms with Gasteiger partial charge in [0.15, 0.2) is 0 Å². The van der Waals surface area contributed by atoms with E-state index in [0.717, 1.165) is 37.5 Å². The van der Waals surface area contributed by atoms with E-state index < -0.39 is 0 Å². The Labute approximate surface area is 120 Å². The van der Waals surface area contributed by atoms with Gasteiger partial charge in [-0.15, -0.1) is 0 Å². The molecule has 0 radical (unpaired) electrons. The number of nitrogens with two attached hydrogens (primary N) is 1. The van der Waals surface area contributed by atoms with Gasteiger partial charge in [-0.25, -0.2) is 4.79 Å². The van der Waals surface area contributed by atoms with Crippen LogP contribution in [0.2, 0.25) is 0 Å². The van der Waals surface area contributed by atoms with Crippen LogP contribution in [0.25, 0.3) is 0 Å². The van der Waals surface area contributed by atoms with Crippen LogP contribution < -0.4 is 10.6 Å². The van der Waals surface area contributed by atoms with Crippen LogP contribution in [0.15, 0.2) is 18.2 Å². The lowest BCUT2D eigenvalue weighted by molar-refractivity contribution is 0.0601. The number of rotatable bonds is 3. The highest BCUT2D eigenvalue weighted by atomic mass is 16.5. The molecule has 0 aromatic heterocycles. The molecular formula is C16H24N2O2. The van der Waals surface area contributed by atoms with Crippen molar-refractivity contribution in [1.82, 2.24) is 0 Å². The van der Waals surface area contributed by atoms with Crippen LogP contribution in [0, 0.1) is 11.8 Å². The fraction of sp³-hybridized carbons (Fsp3) is 0.562. The van der Waals surface area contributed by atoms with E-state index in [4.69, 9.17) is 10.5 Å². The van der Waals surface area contributed by atoms with Gasteiger partial charge in [-0.2, -0.15) is 0 Å². The second-order valence-corrected chi connectivity index (χ2v) is 5.80. The summed E-state index contributed by atoms with van der Waals surface area (Å²) < 4.78 is 4.86. The molecular weight excluding hydrogens is 252 g/mol. The fourth-order valence-corrected chi connectivity index (χ4v) is 2.98. The number of hydrogen-bond donors (Lipinski definition) is 1. The zero-order valence-corrected chi connectivity index (χ0v) is 12.6. The summed E-state index contributed by atoms with van der Waals surface area (Å²) in [5, 5.41) is 0. The number of nitrogen functional groups attached to an aromatic ring is 1. The number of para-hydroxylation sites is 1. The number of carbonyl (C=O) groups excluding carboxylic acids is 1. The van der Waals surface area contributed by atoms with Gasteiger partial charge in [0.2, 0.25) is 0 Å². The Balaban J connectivity index is 2.23. The maximum absolute atomic E-state index is 11.9. The Morgan fingerprint density at radius 3 is 2.55 bits per heavy atom. The van der Waals surface area contributed by atoms with Gasteiger partial charge in [0.25, 0.3) is 0 Å². The molecule has 4 nitrogen and oxygen atoms in total. The summed E-state index contributed by atoms with van der Waals surface area (Å²) in [5.41, 5.74) is 8.14. The molecule has 1 aliphatic heterocycles. The average Bonchev–Trinajstić information content (AvgIpc) is 2.46. The van der Waals surface area contributed by atoms with Crippen LogP contribution in [-0.2, 0) is 4.74 Å². The Hall–Kier alpha value is -1.71. The van der Waals surface area contributed by atoms with Crippen LogP contribution in [-0.4, -0.2) is 26.2 Å². The monoisotopic (exact) mass is 276 g/mol. The molecule has 0 saturated carbocycles. The summed E-state index contributed by atoms with van der Waals surface area (Å²) in [7, 11) is 1.40. The van der Waals surface area contributed by atoms with Crippen molar-refractivity contribution in [3.05, 3.63) is 23.8 Å². The van der Waals surface area contributed by atoms with E-state index in [1.165, 1.54) is 7.11 Å². The Bertz CT molecular complexity index is 477. The van der Waals surface area contributed by atoms with Crippen LogP contribution >= 0.6 is 0 Å². The quantitative estimate of drug-likeness (QED) is 0.681. The lowest BCUT2D eigenvalue weighted by Gasteiger charge is -2.36. The average molecular weight is 276 g/mol. The molecule has 1 heterocycles. The van der Waals surface area contributed by atoms with Crippen molar-refractivity contribution in [1.29, 1.82) is 0 Å². The summed E-state index contributed by atoms with van der Waals surface area (Å²) in [6, 6.07) is 5.42. The van der Waals surface area contributed by atoms with Crippen LogP contribution in [0.3, 0.4) is 0 Å². The molecule has 0 aliphatic carbocycles. The molecule has 0 unspecified atom stereocenters. The maximum Gasteiger partial charge on any atom is 0.340 e. The van der Waals surface area contributed by atoms with Gasteiger partial charge in [-0.3, -0.25) is 0 Å². The molecule has 1 fully saturated rings. The number of nitrogens with zero attached hydrogens (tertiary/aromatic N) is 1. The minimum Gasteiger partial charge on any atom is -0.465 e. The number of piperidine rings is 1. The zero-order chi connectivity index (χ0) is 14.7. The standard InChI is InChI=1S/C16H24N2O2/c1-11(2)12-7-9-18(10-8-12)15-13(16(19)20-3)5-4-6-14(15)17/h4-6,11-12H,7-10,17H2,1-3H3. The number of ether oxygens (including phenoxy) is 1. The molecule has 0 spiro atoms. The van der Waals surface area contributed by atoms with Gasteiger partial charge >= 0.3 is 5.97 Å². The number of hydrogen-bond acceptors (Lipinski definition) is 4. The maximum atomic E-state index is 11.9. The van der Waals surface area contributed by atoms with E-state index in [9.17, 15) is 4.79 Å². The highest BCUT2D eigenvalue weighted by Gasteiger charge is 2.26. The number of esters is 1. The first-order valence-electron chi connectivity index (χ1n) is 7.26. The number of methoxy groups -OCH3 is 1. The van der Waals surface area contributed by atoms with Crippen molar-refractivity contribution in [2.75, 3.05) is 30.8 Å². The largest absolute Gasteiger partial charge is 0.465 e. The summed E-state index contributed by atoms with van der Waals surface area (Å²) in [5.74, 6) is 1.15. The van der Waals surface area contributed by atoms with Gasteiger partial charge in [-0.1, -0.05) is 19.9 Å². The molecule has 110 valence electrons. The van der Waals surface area contributed by atoms with Gasteiger partial charge in [-0.05, 0) is 36.8 Å². The van der Waals surface area contributed by atoms with E-state index in [0.29, 0.717) is 17.2 Å². The molecule has 0 atom stereocenters. The van der Waals surface area contributed by atoms with E-state index in [2.05, 4.69) is 18.7 Å². The van der Waals surface area contributed by atoms with Gasteiger partial charge in [0.1, 0.15) is 0 Å². The highest BCUT2D eigenvalue weighted by Crippen LogP contribution is 2.33. The van der Waals surface area contributed by atoms with Gasteiger partial charge in [0, 0.05) is 13.1 Å². The second-order valence-electron chi connectivity index (χ2n) is 5.80. The predicted molar refractivity (Wildman–Crippen MR) is 82.0 cm³/mol. The molecule has 1 aliphatic rings. The normalized spacial score (nSPS) is 16.5. The zero-order valence-electron chi connectivity index (χ0n) is 12.6. The molecule has 4 heteroatoms. The summed E-state index contributed by atoms with van der Waals surface area (Å²) in [6.07, 6.45) is 2.29. The fourth-order valence-electron chi connectivity index (χ4n) is 2.98. The van der Waals surface area contributed by atoms with E-state index in [1.807, 2.05) is 6.07 Å². The minimum atomic E-state index is -0.321. The van der Waals surface area contributed by atoms with E-state index in [1.54, 1.807) is 12.1 Å². The van der Waals surface area contributed by atoms with Crippen LogP contribution in [0.5, 0.6) is 0 Å². The third kappa shape index (κ3) is 2.89. The third-order valence-corrected chi connectivity index (χ3v) is 4.27. The highest BCUT2D eigenvalue weighted by molar-refractivity contribution is 5.99. The number of carbonyl (C=O) groups is 1.